The molecule has 0 rings (SSSR count). The van der Waals surface area contributed by atoms with Gasteiger partial charge in [0.15, 0.2) is 0 Å². The van der Waals surface area contributed by atoms with E-state index in [2.05, 4.69) is 6.58 Å². The Kier molecular flexibility index (Phi) is 7.30. The van der Waals surface area contributed by atoms with Crippen molar-refractivity contribution in [2.45, 2.75) is 25.7 Å². The average molecular weight is 249 g/mol. The van der Waals surface area contributed by atoms with Crippen LogP contribution in [0.15, 0.2) is 12.7 Å². The van der Waals surface area contributed by atoms with Gasteiger partial charge in [0.1, 0.15) is 0 Å². The number of rotatable bonds is 8. The molecule has 0 spiro atoms. The summed E-state index contributed by atoms with van der Waals surface area (Å²) in [6, 6.07) is 0. The molecule has 0 unspecified atom stereocenters. The van der Waals surface area contributed by atoms with Crippen molar-refractivity contribution in [3.63, 3.8) is 0 Å². The van der Waals surface area contributed by atoms with Gasteiger partial charge >= 0.3 is 7.60 Å². The summed E-state index contributed by atoms with van der Waals surface area (Å²) in [5.74, 6) is -0.102. The van der Waals surface area contributed by atoms with Crippen molar-refractivity contribution >= 4 is 13.5 Å². The fourth-order valence-corrected chi connectivity index (χ4v) is 1.92. The second kappa shape index (κ2) is 7.60. The molecule has 0 atom stereocenters. The molecule has 16 heavy (non-hydrogen) atoms. The maximum Gasteiger partial charge on any atom is 0.325 e. The van der Waals surface area contributed by atoms with E-state index >= 15 is 0 Å². The van der Waals surface area contributed by atoms with Crippen LogP contribution >= 0.6 is 7.60 Å². The highest BCUT2D eigenvalue weighted by molar-refractivity contribution is 7.51. The Hall–Kier alpha value is -0.640. The lowest BCUT2D eigenvalue weighted by Gasteiger charge is -2.14. The highest BCUT2D eigenvalue weighted by Crippen LogP contribution is 2.35. The summed E-state index contributed by atoms with van der Waals surface area (Å²) in [4.78, 5) is 29.9. The van der Waals surface area contributed by atoms with E-state index in [0.717, 1.165) is 19.3 Å². The van der Waals surface area contributed by atoms with Crippen LogP contribution in [0.2, 0.25) is 0 Å². The second-order valence-electron chi connectivity index (χ2n) is 3.77. The topological polar surface area (TPSA) is 77.8 Å². The van der Waals surface area contributed by atoms with E-state index in [1.807, 2.05) is 0 Å². The summed E-state index contributed by atoms with van der Waals surface area (Å²) in [6.45, 7) is 4.04. The van der Waals surface area contributed by atoms with Gasteiger partial charge in [-0.1, -0.05) is 19.4 Å². The number of carbonyl (C=O) groups excluding carboxylic acids is 1. The molecule has 0 bridgehead atoms. The Morgan fingerprint density at radius 3 is 2.38 bits per heavy atom. The smallest absolute Gasteiger partial charge is 0.325 e. The molecular weight excluding hydrogens is 229 g/mol. The highest BCUT2D eigenvalue weighted by atomic mass is 31.2. The molecule has 1 amide bonds. The maximum absolute atomic E-state index is 11.1. The van der Waals surface area contributed by atoms with Gasteiger partial charge in [-0.25, -0.2) is 0 Å². The van der Waals surface area contributed by atoms with E-state index in [1.54, 1.807) is 11.9 Å². The first-order chi connectivity index (χ1) is 7.37. The SMILES string of the molecule is C=CC(=O)N(C)CCCCCCP(=O)(O)O. The number of likely N-dealkylation sites (N-methyl/N-ethyl adjacent to an activating group) is 1. The molecule has 0 aromatic carbocycles. The van der Waals surface area contributed by atoms with Crippen molar-refractivity contribution in [2.75, 3.05) is 19.8 Å². The first-order valence-corrected chi connectivity index (χ1v) is 7.08. The zero-order chi connectivity index (χ0) is 12.6. The van der Waals surface area contributed by atoms with Crippen LogP contribution in [0, 0.1) is 0 Å². The summed E-state index contributed by atoms with van der Waals surface area (Å²) >= 11 is 0. The fourth-order valence-electron chi connectivity index (χ4n) is 1.29. The lowest BCUT2D eigenvalue weighted by Crippen LogP contribution is -2.25. The first kappa shape index (κ1) is 15.4. The Balaban J connectivity index is 3.44. The molecule has 0 saturated heterocycles. The molecule has 5 nitrogen and oxygen atoms in total. The van der Waals surface area contributed by atoms with Crippen LogP contribution in [-0.4, -0.2) is 40.3 Å². The van der Waals surface area contributed by atoms with Gasteiger partial charge in [-0.3, -0.25) is 9.36 Å². The van der Waals surface area contributed by atoms with Gasteiger partial charge in [0, 0.05) is 19.8 Å². The summed E-state index contributed by atoms with van der Waals surface area (Å²) in [7, 11) is -2.12. The fraction of sp³-hybridized carbons (Fsp3) is 0.700. The molecule has 94 valence electrons. The van der Waals surface area contributed by atoms with Gasteiger partial charge < -0.3 is 14.7 Å². The lowest BCUT2D eigenvalue weighted by molar-refractivity contribution is -0.124. The van der Waals surface area contributed by atoms with Crippen LogP contribution in [0.25, 0.3) is 0 Å². The molecule has 6 heteroatoms. The van der Waals surface area contributed by atoms with Gasteiger partial charge in [0.2, 0.25) is 5.91 Å². The second-order valence-corrected chi connectivity index (χ2v) is 5.54. The Labute approximate surface area is 96.3 Å². The van der Waals surface area contributed by atoms with E-state index < -0.39 is 7.60 Å². The number of amides is 1. The molecular formula is C10H20NO4P. The Morgan fingerprint density at radius 2 is 1.88 bits per heavy atom. The third-order valence-electron chi connectivity index (χ3n) is 2.24. The van der Waals surface area contributed by atoms with Crippen LogP contribution in [0.1, 0.15) is 25.7 Å². The van der Waals surface area contributed by atoms with E-state index in [4.69, 9.17) is 9.79 Å². The molecule has 2 N–H and O–H groups in total. The van der Waals surface area contributed by atoms with Crippen molar-refractivity contribution in [2.24, 2.45) is 0 Å². The molecule has 0 aromatic rings. The maximum atomic E-state index is 11.1. The Morgan fingerprint density at radius 1 is 1.31 bits per heavy atom. The zero-order valence-electron chi connectivity index (χ0n) is 9.63. The molecule has 0 aliphatic heterocycles. The molecule has 0 radical (unpaired) electrons. The summed E-state index contributed by atoms with van der Waals surface area (Å²) in [5, 5.41) is 0. The Bertz CT molecular complexity index is 274. The van der Waals surface area contributed by atoms with Gasteiger partial charge in [0.05, 0.1) is 0 Å². The van der Waals surface area contributed by atoms with Crippen molar-refractivity contribution in [3.05, 3.63) is 12.7 Å². The predicted octanol–water partition coefficient (Wildman–Crippen LogP) is 1.37. The minimum Gasteiger partial charge on any atom is -0.342 e. The number of unbranched alkanes of at least 4 members (excludes halogenated alkanes) is 3. The molecule has 0 heterocycles. The molecule has 0 fully saturated rings. The van der Waals surface area contributed by atoms with E-state index in [0.29, 0.717) is 13.0 Å². The van der Waals surface area contributed by atoms with E-state index in [-0.39, 0.29) is 12.1 Å². The lowest BCUT2D eigenvalue weighted by atomic mass is 10.2. The predicted molar refractivity (Wildman–Crippen MR) is 63.2 cm³/mol. The van der Waals surface area contributed by atoms with Crippen LogP contribution < -0.4 is 0 Å². The number of hydrogen-bond acceptors (Lipinski definition) is 2. The quantitative estimate of drug-likeness (QED) is 0.387. The van der Waals surface area contributed by atoms with Gasteiger partial charge in [-0.15, -0.1) is 0 Å². The van der Waals surface area contributed by atoms with Crippen molar-refractivity contribution < 1.29 is 19.1 Å². The number of carbonyl (C=O) groups is 1. The van der Waals surface area contributed by atoms with Gasteiger partial charge in [0.25, 0.3) is 0 Å². The van der Waals surface area contributed by atoms with Crippen molar-refractivity contribution in [3.8, 4) is 0 Å². The zero-order valence-corrected chi connectivity index (χ0v) is 10.5. The van der Waals surface area contributed by atoms with Crippen molar-refractivity contribution in [1.29, 1.82) is 0 Å². The minimum atomic E-state index is -3.83. The molecule has 0 aliphatic rings. The summed E-state index contributed by atoms with van der Waals surface area (Å²) < 4.78 is 10.5. The summed E-state index contributed by atoms with van der Waals surface area (Å²) in [5.41, 5.74) is 0. The van der Waals surface area contributed by atoms with Gasteiger partial charge in [-0.2, -0.15) is 0 Å². The average Bonchev–Trinajstić information content (AvgIpc) is 2.20. The monoisotopic (exact) mass is 249 g/mol. The molecule has 0 aromatic heterocycles. The number of nitrogens with zero attached hydrogens (tertiary/aromatic N) is 1. The minimum absolute atomic E-state index is 0.0472. The van der Waals surface area contributed by atoms with E-state index in [1.165, 1.54) is 6.08 Å². The van der Waals surface area contributed by atoms with Crippen LogP contribution in [0.3, 0.4) is 0 Å². The van der Waals surface area contributed by atoms with Crippen molar-refractivity contribution in [1.82, 2.24) is 4.90 Å². The standard InChI is InChI=1S/C10H20NO4P/c1-3-10(12)11(2)8-6-4-5-7-9-16(13,14)15/h3H,1,4-9H2,2H3,(H2,13,14,15). The van der Waals surface area contributed by atoms with Crippen LogP contribution in [0.4, 0.5) is 0 Å². The highest BCUT2D eigenvalue weighted by Gasteiger charge is 2.11. The largest absolute Gasteiger partial charge is 0.342 e. The first-order valence-electron chi connectivity index (χ1n) is 5.29. The molecule has 0 aliphatic carbocycles. The van der Waals surface area contributed by atoms with E-state index in [9.17, 15) is 9.36 Å². The number of hydrogen-bond donors (Lipinski definition) is 2. The van der Waals surface area contributed by atoms with Crippen LogP contribution in [0.5, 0.6) is 0 Å². The van der Waals surface area contributed by atoms with Crippen LogP contribution in [-0.2, 0) is 9.36 Å². The normalized spacial score (nSPS) is 11.2. The van der Waals surface area contributed by atoms with Gasteiger partial charge in [-0.05, 0) is 18.9 Å². The third-order valence-corrected chi connectivity index (χ3v) is 3.14. The third kappa shape index (κ3) is 8.65. The molecule has 0 saturated carbocycles. The summed E-state index contributed by atoms with van der Waals surface area (Å²) in [6.07, 6.45) is 4.25.